The lowest BCUT2D eigenvalue weighted by atomic mass is 9.90. The second kappa shape index (κ2) is 3.88. The average Bonchev–Trinajstić information content (AvgIpc) is 2.73. The molecule has 3 rings (SSSR count). The number of carboxylic acid groups (broad SMARTS) is 1. The van der Waals surface area contributed by atoms with Gasteiger partial charge in [-0.15, -0.1) is 0 Å². The fraction of sp³-hybridized carbons (Fsp3) is 0.133. The Labute approximate surface area is 108 Å². The molecule has 2 aromatic carbocycles. The number of hydrogen-bond donors (Lipinski definition) is 1. The third kappa shape index (κ3) is 1.56. The minimum absolute atomic E-state index is 0.371. The minimum atomic E-state index is -3.82. The highest BCUT2D eigenvalue weighted by Crippen LogP contribution is 2.51. The van der Waals surface area contributed by atoms with E-state index in [9.17, 15) is 13.6 Å². The van der Waals surface area contributed by atoms with E-state index in [1.54, 1.807) is 48.5 Å². The first kappa shape index (κ1) is 11.8. The van der Waals surface area contributed by atoms with Gasteiger partial charge in [-0.05, 0) is 22.3 Å². The summed E-state index contributed by atoms with van der Waals surface area (Å²) < 4.78 is 28.0. The second-order valence-corrected chi connectivity index (χ2v) is 4.54. The maximum absolute atomic E-state index is 14.0. The van der Waals surface area contributed by atoms with Crippen LogP contribution in [-0.4, -0.2) is 17.0 Å². The van der Waals surface area contributed by atoms with Crippen molar-refractivity contribution in [1.29, 1.82) is 0 Å². The van der Waals surface area contributed by atoms with Gasteiger partial charge in [-0.2, -0.15) is 8.78 Å². The van der Waals surface area contributed by atoms with E-state index in [2.05, 4.69) is 0 Å². The highest BCUT2D eigenvalue weighted by atomic mass is 19.3. The molecule has 0 fully saturated rings. The maximum atomic E-state index is 14.0. The van der Waals surface area contributed by atoms with Crippen molar-refractivity contribution >= 4 is 5.97 Å². The predicted molar refractivity (Wildman–Crippen MR) is 66.3 cm³/mol. The number of alkyl halides is 2. The van der Waals surface area contributed by atoms with Gasteiger partial charge in [0.1, 0.15) is 0 Å². The monoisotopic (exact) mass is 260 g/mol. The highest BCUT2D eigenvalue weighted by molar-refractivity contribution is 5.85. The van der Waals surface area contributed by atoms with E-state index in [0.717, 1.165) is 0 Å². The summed E-state index contributed by atoms with van der Waals surface area (Å²) in [7, 11) is 0. The molecule has 0 aliphatic heterocycles. The summed E-state index contributed by atoms with van der Waals surface area (Å²) in [5, 5.41) is 8.80. The number of carboxylic acids is 1. The van der Waals surface area contributed by atoms with E-state index in [1.165, 1.54) is 0 Å². The average molecular weight is 260 g/mol. The van der Waals surface area contributed by atoms with Gasteiger partial charge in [-0.1, -0.05) is 48.5 Å². The van der Waals surface area contributed by atoms with Crippen molar-refractivity contribution in [3.05, 3.63) is 59.7 Å². The molecular formula is C15H10F2O2. The Morgan fingerprint density at radius 3 is 1.79 bits per heavy atom. The highest BCUT2D eigenvalue weighted by Gasteiger charge is 2.52. The van der Waals surface area contributed by atoms with Gasteiger partial charge < -0.3 is 5.11 Å². The van der Waals surface area contributed by atoms with Crippen LogP contribution in [0.25, 0.3) is 11.1 Å². The van der Waals surface area contributed by atoms with Gasteiger partial charge in [-0.3, -0.25) is 0 Å². The molecule has 1 N–H and O–H groups in total. The molecule has 2 nitrogen and oxygen atoms in total. The largest absolute Gasteiger partial charge is 0.477 e. The van der Waals surface area contributed by atoms with Gasteiger partial charge in [0.2, 0.25) is 0 Å². The van der Waals surface area contributed by atoms with Crippen molar-refractivity contribution in [3.63, 3.8) is 0 Å². The maximum Gasteiger partial charge on any atom is 0.375 e. The zero-order valence-electron chi connectivity index (χ0n) is 9.81. The van der Waals surface area contributed by atoms with Crippen LogP contribution in [0.5, 0.6) is 0 Å². The number of halogens is 2. The van der Waals surface area contributed by atoms with Crippen molar-refractivity contribution in [2.24, 2.45) is 0 Å². The summed E-state index contributed by atoms with van der Waals surface area (Å²) in [6.07, 6.45) is 0. The van der Waals surface area contributed by atoms with Crippen LogP contribution < -0.4 is 0 Å². The summed E-state index contributed by atoms with van der Waals surface area (Å²) in [4.78, 5) is 10.9. The summed E-state index contributed by atoms with van der Waals surface area (Å²) in [6.45, 7) is 0. The molecule has 0 saturated heterocycles. The Morgan fingerprint density at radius 2 is 1.37 bits per heavy atom. The van der Waals surface area contributed by atoms with E-state index in [0.29, 0.717) is 22.3 Å². The topological polar surface area (TPSA) is 37.3 Å². The van der Waals surface area contributed by atoms with Gasteiger partial charge >= 0.3 is 11.9 Å². The number of hydrogen-bond acceptors (Lipinski definition) is 1. The molecule has 19 heavy (non-hydrogen) atoms. The summed E-state index contributed by atoms with van der Waals surface area (Å²) in [5.41, 5.74) is 2.11. The van der Waals surface area contributed by atoms with Crippen molar-refractivity contribution in [3.8, 4) is 11.1 Å². The molecule has 0 bridgehead atoms. The number of fused-ring (bicyclic) bond motifs is 3. The first-order chi connectivity index (χ1) is 9.03. The number of rotatable bonds is 2. The molecule has 0 spiro atoms. The lowest BCUT2D eigenvalue weighted by Gasteiger charge is -2.21. The predicted octanol–water partition coefficient (Wildman–Crippen LogP) is 3.52. The zero-order chi connectivity index (χ0) is 13.6. The van der Waals surface area contributed by atoms with Crippen LogP contribution in [0.2, 0.25) is 0 Å². The van der Waals surface area contributed by atoms with Crippen LogP contribution in [0, 0.1) is 0 Å². The Kier molecular flexibility index (Phi) is 2.42. The van der Waals surface area contributed by atoms with Gasteiger partial charge in [0.15, 0.2) is 0 Å². The van der Waals surface area contributed by atoms with E-state index >= 15 is 0 Å². The Bertz CT molecular complexity index is 619. The summed E-state index contributed by atoms with van der Waals surface area (Å²) in [5.74, 6) is -7.33. The number of benzene rings is 2. The molecule has 1 aliphatic carbocycles. The Hall–Kier alpha value is -2.23. The molecule has 96 valence electrons. The van der Waals surface area contributed by atoms with E-state index in [-0.39, 0.29) is 0 Å². The molecule has 0 atom stereocenters. The molecule has 0 unspecified atom stereocenters. The van der Waals surface area contributed by atoms with Crippen LogP contribution in [0.4, 0.5) is 8.78 Å². The van der Waals surface area contributed by atoms with Crippen LogP contribution in [-0.2, 0) is 4.79 Å². The smallest absolute Gasteiger partial charge is 0.375 e. The molecule has 0 amide bonds. The lowest BCUT2D eigenvalue weighted by molar-refractivity contribution is -0.166. The van der Waals surface area contributed by atoms with E-state index in [1.807, 2.05) is 0 Å². The SMILES string of the molecule is O=C(O)C(F)(F)C1c2ccccc2-c2ccccc21. The van der Waals surface area contributed by atoms with Crippen molar-refractivity contribution in [2.45, 2.75) is 11.8 Å². The second-order valence-electron chi connectivity index (χ2n) is 4.54. The number of carbonyl (C=O) groups is 1. The van der Waals surface area contributed by atoms with Crippen molar-refractivity contribution < 1.29 is 18.7 Å². The molecule has 2 aromatic rings. The summed E-state index contributed by atoms with van der Waals surface area (Å²) in [6, 6.07) is 13.4. The molecule has 0 heterocycles. The molecular weight excluding hydrogens is 250 g/mol. The van der Waals surface area contributed by atoms with Crippen LogP contribution >= 0.6 is 0 Å². The Balaban J connectivity index is 2.29. The van der Waals surface area contributed by atoms with E-state index in [4.69, 9.17) is 5.11 Å². The number of aliphatic carboxylic acids is 1. The fourth-order valence-corrected chi connectivity index (χ4v) is 2.67. The van der Waals surface area contributed by atoms with Crippen LogP contribution in [0.3, 0.4) is 0 Å². The first-order valence-corrected chi connectivity index (χ1v) is 5.83. The van der Waals surface area contributed by atoms with Crippen molar-refractivity contribution in [2.75, 3.05) is 0 Å². The van der Waals surface area contributed by atoms with Gasteiger partial charge in [0.25, 0.3) is 0 Å². The normalized spacial score (nSPS) is 14.0. The lowest BCUT2D eigenvalue weighted by Crippen LogP contribution is -2.35. The van der Waals surface area contributed by atoms with Gasteiger partial charge in [-0.25, -0.2) is 4.79 Å². The molecule has 0 saturated carbocycles. The van der Waals surface area contributed by atoms with E-state index < -0.39 is 17.8 Å². The van der Waals surface area contributed by atoms with Crippen LogP contribution in [0.15, 0.2) is 48.5 Å². The quantitative estimate of drug-likeness (QED) is 0.897. The fourth-order valence-electron chi connectivity index (χ4n) is 2.67. The minimum Gasteiger partial charge on any atom is -0.477 e. The molecule has 1 aliphatic rings. The Morgan fingerprint density at radius 1 is 0.947 bits per heavy atom. The first-order valence-electron chi connectivity index (χ1n) is 5.83. The molecule has 0 aromatic heterocycles. The van der Waals surface area contributed by atoms with Gasteiger partial charge in [0.05, 0.1) is 5.92 Å². The zero-order valence-corrected chi connectivity index (χ0v) is 9.81. The third-order valence-electron chi connectivity index (χ3n) is 3.48. The van der Waals surface area contributed by atoms with Gasteiger partial charge in [0, 0.05) is 0 Å². The molecule has 4 heteroatoms. The third-order valence-corrected chi connectivity index (χ3v) is 3.48. The van der Waals surface area contributed by atoms with Crippen molar-refractivity contribution in [1.82, 2.24) is 0 Å². The summed E-state index contributed by atoms with van der Waals surface area (Å²) >= 11 is 0. The van der Waals surface area contributed by atoms with Crippen LogP contribution in [0.1, 0.15) is 17.0 Å². The standard InChI is InChI=1S/C15H10F2O2/c16-15(17,14(18)19)13-11-7-3-1-5-9(11)10-6-2-4-8-12(10)13/h1-8,13H,(H,18,19). The molecule has 0 radical (unpaired) electrons.